The molecule has 5 aromatic rings. The van der Waals surface area contributed by atoms with E-state index in [-0.39, 0.29) is 17.5 Å². The summed E-state index contributed by atoms with van der Waals surface area (Å²) in [4.78, 5) is 34.9. The predicted octanol–water partition coefficient (Wildman–Crippen LogP) is 5.75. The summed E-state index contributed by atoms with van der Waals surface area (Å²) >= 11 is 0. The fourth-order valence-electron chi connectivity index (χ4n) is 6.21. The van der Waals surface area contributed by atoms with Crippen LogP contribution < -0.4 is 10.9 Å². The highest BCUT2D eigenvalue weighted by atomic mass is 16.3. The zero-order chi connectivity index (χ0) is 29.8. The molecule has 0 radical (unpaired) electrons. The van der Waals surface area contributed by atoms with E-state index in [4.69, 9.17) is 0 Å². The van der Waals surface area contributed by atoms with E-state index >= 15 is 0 Å². The molecule has 0 unspecified atom stereocenters. The van der Waals surface area contributed by atoms with Crippen LogP contribution in [-0.2, 0) is 12.1 Å². The van der Waals surface area contributed by atoms with Crippen LogP contribution in [0.5, 0.6) is 0 Å². The van der Waals surface area contributed by atoms with Gasteiger partial charge in [-0.1, -0.05) is 79.7 Å². The number of hydrogen-bond acceptors (Lipinski definition) is 5. The van der Waals surface area contributed by atoms with Gasteiger partial charge in [-0.25, -0.2) is 0 Å². The van der Waals surface area contributed by atoms with Crippen molar-refractivity contribution in [1.29, 1.82) is 0 Å². The lowest BCUT2D eigenvalue weighted by Gasteiger charge is -2.38. The largest absolute Gasteiger partial charge is 0.385 e. The summed E-state index contributed by atoms with van der Waals surface area (Å²) < 4.78 is 1.70. The number of likely N-dealkylation sites (tertiary alicyclic amines) is 1. The molecule has 2 aromatic heterocycles. The van der Waals surface area contributed by atoms with Gasteiger partial charge in [0.25, 0.3) is 11.5 Å². The van der Waals surface area contributed by atoms with Gasteiger partial charge in [0.1, 0.15) is 0 Å². The number of benzene rings is 3. The molecule has 3 heterocycles. The van der Waals surface area contributed by atoms with Crippen LogP contribution >= 0.6 is 0 Å². The monoisotopic (exact) mass is 572 g/mol. The maximum atomic E-state index is 14.4. The molecule has 1 fully saturated rings. The average molecular weight is 573 g/mol. The SMILES string of the molecule is CC[C@H](NC(=O)c1c(CN2CCC(O)(c3cccnc3)CC2)n(-c2ccccc2)c(=O)c2ccccc12)c1ccccc1. The first-order chi connectivity index (χ1) is 21.0. The van der Waals surface area contributed by atoms with Crippen LogP contribution in [0, 0.1) is 0 Å². The van der Waals surface area contributed by atoms with Gasteiger partial charge in [0, 0.05) is 54.1 Å². The molecule has 7 nitrogen and oxygen atoms in total. The Labute approximate surface area is 251 Å². The Hall–Kier alpha value is -4.59. The molecule has 0 saturated carbocycles. The number of para-hydroxylation sites is 1. The number of aromatic nitrogens is 2. The van der Waals surface area contributed by atoms with Gasteiger partial charge in [-0.15, -0.1) is 0 Å². The van der Waals surface area contributed by atoms with E-state index in [1.165, 1.54) is 0 Å². The van der Waals surface area contributed by atoms with Crippen molar-refractivity contribution in [1.82, 2.24) is 19.8 Å². The Kier molecular flexibility index (Phi) is 8.18. The van der Waals surface area contributed by atoms with Gasteiger partial charge in [0.2, 0.25) is 0 Å². The van der Waals surface area contributed by atoms with Gasteiger partial charge in [-0.05, 0) is 49.1 Å². The van der Waals surface area contributed by atoms with Crippen molar-refractivity contribution in [2.45, 2.75) is 44.4 Å². The van der Waals surface area contributed by atoms with Crippen LogP contribution in [0.25, 0.3) is 16.5 Å². The smallest absolute Gasteiger partial charge is 0.263 e. The Morgan fingerprint density at radius 1 is 0.907 bits per heavy atom. The summed E-state index contributed by atoms with van der Waals surface area (Å²) in [6, 6.07) is 30.4. The number of nitrogens with one attached hydrogen (secondary N) is 1. The summed E-state index contributed by atoms with van der Waals surface area (Å²) in [7, 11) is 0. The zero-order valence-electron chi connectivity index (χ0n) is 24.3. The number of pyridine rings is 2. The number of piperidine rings is 1. The summed E-state index contributed by atoms with van der Waals surface area (Å²) in [6.07, 6.45) is 5.20. The minimum absolute atomic E-state index is 0.160. The van der Waals surface area contributed by atoms with E-state index in [0.29, 0.717) is 60.2 Å². The molecule has 1 aliphatic rings. The molecule has 1 saturated heterocycles. The maximum Gasteiger partial charge on any atom is 0.263 e. The fraction of sp³-hybridized carbons (Fsp3) is 0.250. The molecule has 1 atom stereocenters. The van der Waals surface area contributed by atoms with Crippen molar-refractivity contribution >= 4 is 16.7 Å². The third kappa shape index (κ3) is 5.74. The lowest BCUT2D eigenvalue weighted by atomic mass is 9.85. The third-order valence-corrected chi connectivity index (χ3v) is 8.60. The Balaban J connectivity index is 1.44. The second-order valence-electron chi connectivity index (χ2n) is 11.2. The highest BCUT2D eigenvalue weighted by Crippen LogP contribution is 2.34. The molecular weight excluding hydrogens is 536 g/mol. The molecule has 0 aliphatic carbocycles. The summed E-state index contributed by atoms with van der Waals surface area (Å²) in [5, 5.41) is 15.9. The topological polar surface area (TPSA) is 87.5 Å². The zero-order valence-corrected chi connectivity index (χ0v) is 24.3. The number of aliphatic hydroxyl groups is 1. The molecule has 7 heteroatoms. The number of carbonyl (C=O) groups excluding carboxylic acids is 1. The van der Waals surface area contributed by atoms with Crippen molar-refractivity contribution in [3.8, 4) is 5.69 Å². The normalized spacial score (nSPS) is 15.7. The third-order valence-electron chi connectivity index (χ3n) is 8.60. The summed E-state index contributed by atoms with van der Waals surface area (Å²) in [6.45, 7) is 3.63. The minimum atomic E-state index is -0.961. The summed E-state index contributed by atoms with van der Waals surface area (Å²) in [5.41, 5.74) is 2.58. The van der Waals surface area contributed by atoms with Gasteiger partial charge in [-0.3, -0.25) is 24.0 Å². The van der Waals surface area contributed by atoms with Gasteiger partial charge in [0.05, 0.1) is 22.9 Å². The van der Waals surface area contributed by atoms with Crippen molar-refractivity contribution in [3.63, 3.8) is 0 Å². The first kappa shape index (κ1) is 28.5. The van der Waals surface area contributed by atoms with Crippen LogP contribution in [0.2, 0.25) is 0 Å². The minimum Gasteiger partial charge on any atom is -0.385 e. The molecule has 1 amide bonds. The molecule has 3 aromatic carbocycles. The quantitative estimate of drug-likeness (QED) is 0.247. The summed E-state index contributed by atoms with van der Waals surface area (Å²) in [5.74, 6) is -0.213. The number of amides is 1. The molecule has 0 bridgehead atoms. The lowest BCUT2D eigenvalue weighted by Crippen LogP contribution is -2.43. The Bertz CT molecular complexity index is 1760. The first-order valence-electron chi connectivity index (χ1n) is 14.9. The molecule has 1 aliphatic heterocycles. The van der Waals surface area contributed by atoms with Crippen molar-refractivity contribution in [3.05, 3.63) is 142 Å². The number of carbonyl (C=O) groups is 1. The van der Waals surface area contributed by atoms with E-state index in [2.05, 4.69) is 22.1 Å². The van der Waals surface area contributed by atoms with Gasteiger partial charge in [0.15, 0.2) is 0 Å². The Morgan fingerprint density at radius 3 is 2.21 bits per heavy atom. The Morgan fingerprint density at radius 2 is 1.56 bits per heavy atom. The van der Waals surface area contributed by atoms with Crippen LogP contribution in [0.1, 0.15) is 59.4 Å². The number of fused-ring (bicyclic) bond motifs is 1. The van der Waals surface area contributed by atoms with Crippen LogP contribution in [0.3, 0.4) is 0 Å². The van der Waals surface area contributed by atoms with Crippen LogP contribution in [0.15, 0.2) is 114 Å². The van der Waals surface area contributed by atoms with Crippen molar-refractivity contribution < 1.29 is 9.90 Å². The van der Waals surface area contributed by atoms with E-state index in [1.54, 1.807) is 23.0 Å². The van der Waals surface area contributed by atoms with E-state index < -0.39 is 5.60 Å². The molecule has 43 heavy (non-hydrogen) atoms. The van der Waals surface area contributed by atoms with Gasteiger partial charge in [-0.2, -0.15) is 0 Å². The average Bonchev–Trinajstić information content (AvgIpc) is 3.06. The van der Waals surface area contributed by atoms with Crippen LogP contribution in [-0.4, -0.2) is 38.6 Å². The standard InChI is InChI=1S/C36H36N4O3/c1-2-31(26-12-5-3-6-13-26)38-34(41)33-29-17-9-10-18-30(29)35(42)40(28-15-7-4-8-16-28)32(33)25-39-22-19-36(43,20-23-39)27-14-11-21-37-24-27/h3-18,21,24,31,43H,2,19-20,22-23,25H2,1H3,(H,38,41)/t31-/m0/s1. The van der Waals surface area contributed by atoms with E-state index in [0.717, 1.165) is 17.5 Å². The molecule has 2 N–H and O–H groups in total. The fourth-order valence-corrected chi connectivity index (χ4v) is 6.21. The molecular formula is C36H36N4O3. The van der Waals surface area contributed by atoms with E-state index in [1.807, 2.05) is 91.0 Å². The predicted molar refractivity (Wildman–Crippen MR) is 169 cm³/mol. The number of hydrogen-bond donors (Lipinski definition) is 2. The lowest BCUT2D eigenvalue weighted by molar-refractivity contribution is -0.0283. The van der Waals surface area contributed by atoms with E-state index in [9.17, 15) is 14.7 Å². The number of nitrogens with zero attached hydrogens (tertiary/aromatic N) is 3. The van der Waals surface area contributed by atoms with Gasteiger partial charge >= 0.3 is 0 Å². The van der Waals surface area contributed by atoms with Gasteiger partial charge < -0.3 is 10.4 Å². The maximum absolute atomic E-state index is 14.4. The van der Waals surface area contributed by atoms with Crippen LogP contribution in [0.4, 0.5) is 0 Å². The highest BCUT2D eigenvalue weighted by molar-refractivity contribution is 6.08. The molecule has 6 rings (SSSR count). The highest BCUT2D eigenvalue weighted by Gasteiger charge is 2.35. The second kappa shape index (κ2) is 12.3. The molecule has 0 spiro atoms. The second-order valence-corrected chi connectivity index (χ2v) is 11.2. The van der Waals surface area contributed by atoms with Crippen molar-refractivity contribution in [2.24, 2.45) is 0 Å². The number of rotatable bonds is 8. The first-order valence-corrected chi connectivity index (χ1v) is 14.9. The molecule has 218 valence electrons. The van der Waals surface area contributed by atoms with Crippen molar-refractivity contribution in [2.75, 3.05) is 13.1 Å².